The minimum absolute atomic E-state index is 0.0972. The van der Waals surface area contributed by atoms with Gasteiger partial charge in [0.05, 0.1) is 0 Å². The van der Waals surface area contributed by atoms with Gasteiger partial charge in [-0.3, -0.25) is 4.79 Å². The van der Waals surface area contributed by atoms with Crippen molar-refractivity contribution in [2.24, 2.45) is 16.7 Å². The monoisotopic (exact) mass is 286 g/mol. The van der Waals surface area contributed by atoms with Crippen molar-refractivity contribution in [2.75, 3.05) is 0 Å². The summed E-state index contributed by atoms with van der Waals surface area (Å²) < 4.78 is 0. The molecular weight excluding hydrogens is 256 g/mol. The Kier molecular flexibility index (Phi) is 6.36. The van der Waals surface area contributed by atoms with E-state index in [2.05, 4.69) is 27.7 Å². The predicted molar refractivity (Wildman–Crippen MR) is 83.5 cm³/mol. The highest BCUT2D eigenvalue weighted by Gasteiger charge is 2.26. The summed E-state index contributed by atoms with van der Waals surface area (Å²) in [5, 5.41) is -0.117. The number of carbonyl (C=O) groups excluding carboxylic acids is 1. The molecule has 0 saturated heterocycles. The fraction of sp³-hybridized carbons (Fsp3) is 0.941. The third kappa shape index (κ3) is 6.79. The maximum absolute atomic E-state index is 11.5. The molecule has 0 bridgehead atoms. The first kappa shape index (κ1) is 17.0. The van der Waals surface area contributed by atoms with Gasteiger partial charge in [-0.1, -0.05) is 47.0 Å². The molecule has 1 atom stereocenters. The van der Waals surface area contributed by atoms with Gasteiger partial charge in [-0.15, -0.1) is 0 Å². The van der Waals surface area contributed by atoms with Crippen molar-refractivity contribution in [3.8, 4) is 0 Å². The van der Waals surface area contributed by atoms with Crippen LogP contribution in [0.3, 0.4) is 0 Å². The van der Waals surface area contributed by atoms with Gasteiger partial charge < -0.3 is 0 Å². The summed E-state index contributed by atoms with van der Waals surface area (Å²) in [5.74, 6) is 0.0972. The van der Waals surface area contributed by atoms with E-state index in [1.54, 1.807) is 0 Å². The fourth-order valence-electron chi connectivity index (χ4n) is 3.12. The zero-order valence-corrected chi connectivity index (χ0v) is 14.0. The Morgan fingerprint density at radius 3 is 1.84 bits per heavy atom. The lowest BCUT2D eigenvalue weighted by Gasteiger charge is -2.32. The normalized spacial score (nSPS) is 29.0. The van der Waals surface area contributed by atoms with Crippen LogP contribution in [0, 0.1) is 16.7 Å². The summed E-state index contributed by atoms with van der Waals surface area (Å²) in [4.78, 5) is 11.5. The Balaban J connectivity index is 2.64. The molecule has 1 nitrogen and oxygen atoms in total. The Morgan fingerprint density at radius 1 is 0.842 bits per heavy atom. The summed E-state index contributed by atoms with van der Waals surface area (Å²) in [5.41, 5.74) is 0.841. The van der Waals surface area contributed by atoms with E-state index in [1.165, 1.54) is 32.1 Å². The third-order valence-electron chi connectivity index (χ3n) is 4.86. The summed E-state index contributed by atoms with van der Waals surface area (Å²) in [7, 11) is 0. The van der Waals surface area contributed by atoms with Gasteiger partial charge in [-0.2, -0.15) is 0 Å². The van der Waals surface area contributed by atoms with Gasteiger partial charge in [0.2, 0.25) is 5.24 Å². The van der Waals surface area contributed by atoms with E-state index in [4.69, 9.17) is 11.6 Å². The molecule has 0 amide bonds. The van der Waals surface area contributed by atoms with Crippen LogP contribution < -0.4 is 0 Å². The van der Waals surface area contributed by atoms with Crippen LogP contribution in [0.2, 0.25) is 0 Å². The van der Waals surface area contributed by atoms with Crippen LogP contribution in [0.15, 0.2) is 0 Å². The molecule has 1 unspecified atom stereocenters. The second-order valence-electron chi connectivity index (χ2n) is 7.97. The van der Waals surface area contributed by atoms with Crippen molar-refractivity contribution >= 4 is 16.8 Å². The Labute approximate surface area is 124 Å². The van der Waals surface area contributed by atoms with E-state index < -0.39 is 0 Å². The molecule has 0 aromatic heterocycles. The topological polar surface area (TPSA) is 17.1 Å². The molecule has 1 saturated carbocycles. The van der Waals surface area contributed by atoms with E-state index in [0.29, 0.717) is 10.8 Å². The van der Waals surface area contributed by atoms with Gasteiger partial charge in [-0.05, 0) is 61.0 Å². The third-order valence-corrected chi connectivity index (χ3v) is 5.17. The van der Waals surface area contributed by atoms with Crippen LogP contribution in [0.1, 0.15) is 85.5 Å². The van der Waals surface area contributed by atoms with Gasteiger partial charge in [-0.25, -0.2) is 0 Å². The zero-order valence-electron chi connectivity index (χ0n) is 13.2. The highest BCUT2D eigenvalue weighted by Crippen LogP contribution is 2.38. The first-order chi connectivity index (χ1) is 8.72. The van der Waals surface area contributed by atoms with Crippen LogP contribution >= 0.6 is 11.6 Å². The van der Waals surface area contributed by atoms with Crippen LogP contribution in [0.4, 0.5) is 0 Å². The molecule has 19 heavy (non-hydrogen) atoms. The molecule has 0 aliphatic heterocycles. The van der Waals surface area contributed by atoms with E-state index >= 15 is 0 Å². The number of carbonyl (C=O) groups is 1. The second kappa shape index (κ2) is 7.11. The lowest BCUT2D eigenvalue weighted by Crippen LogP contribution is -2.20. The first-order valence-corrected chi connectivity index (χ1v) is 8.29. The predicted octanol–water partition coefficient (Wildman–Crippen LogP) is 5.94. The molecule has 0 N–H and O–H groups in total. The van der Waals surface area contributed by atoms with E-state index in [0.717, 1.165) is 25.7 Å². The number of halogens is 1. The summed E-state index contributed by atoms with van der Waals surface area (Å²) >= 11 is 5.74. The number of rotatable bonds is 1. The van der Waals surface area contributed by atoms with Gasteiger partial charge in [0.25, 0.3) is 0 Å². The average molecular weight is 287 g/mol. The molecule has 1 aliphatic rings. The van der Waals surface area contributed by atoms with Crippen LogP contribution in [-0.2, 0) is 4.79 Å². The molecule has 0 aromatic rings. The highest BCUT2D eigenvalue weighted by molar-refractivity contribution is 6.63. The minimum Gasteiger partial charge on any atom is -0.281 e. The van der Waals surface area contributed by atoms with Crippen molar-refractivity contribution < 1.29 is 4.79 Å². The summed E-state index contributed by atoms with van der Waals surface area (Å²) in [6.45, 7) is 9.51. The molecule has 0 heterocycles. The standard InChI is InChI=1S/C17H31ClO/c1-16(2)10-6-5-8-14(15(18)19)9-7-11-17(3,4)13-12-16/h14H,5-13H2,1-4H3. The van der Waals surface area contributed by atoms with E-state index in [9.17, 15) is 4.79 Å². The summed E-state index contributed by atoms with van der Waals surface area (Å²) in [6.07, 6.45) is 10.6. The van der Waals surface area contributed by atoms with Crippen molar-refractivity contribution in [1.82, 2.24) is 0 Å². The van der Waals surface area contributed by atoms with E-state index in [-0.39, 0.29) is 11.2 Å². The molecule has 1 fully saturated rings. The maximum Gasteiger partial charge on any atom is 0.224 e. The first-order valence-electron chi connectivity index (χ1n) is 7.91. The fourth-order valence-corrected chi connectivity index (χ4v) is 3.34. The molecule has 1 rings (SSSR count). The van der Waals surface area contributed by atoms with Crippen LogP contribution in [0.25, 0.3) is 0 Å². The molecular formula is C17H31ClO. The van der Waals surface area contributed by atoms with Gasteiger partial charge in [0.1, 0.15) is 0 Å². The number of hydrogen-bond donors (Lipinski definition) is 0. The molecule has 0 aromatic carbocycles. The van der Waals surface area contributed by atoms with Crippen LogP contribution in [0.5, 0.6) is 0 Å². The maximum atomic E-state index is 11.5. The number of hydrogen-bond acceptors (Lipinski definition) is 1. The van der Waals surface area contributed by atoms with Crippen molar-refractivity contribution in [3.63, 3.8) is 0 Å². The van der Waals surface area contributed by atoms with Crippen molar-refractivity contribution in [2.45, 2.75) is 85.5 Å². The second-order valence-corrected chi connectivity index (χ2v) is 8.34. The Hall–Kier alpha value is -0.0400. The minimum atomic E-state index is -0.117. The molecule has 2 heteroatoms. The Bertz CT molecular complexity index is 294. The Morgan fingerprint density at radius 2 is 1.32 bits per heavy atom. The smallest absolute Gasteiger partial charge is 0.224 e. The van der Waals surface area contributed by atoms with Gasteiger partial charge in [0.15, 0.2) is 0 Å². The zero-order chi connectivity index (χ0) is 14.5. The van der Waals surface area contributed by atoms with Crippen LogP contribution in [-0.4, -0.2) is 5.24 Å². The lowest BCUT2D eigenvalue weighted by molar-refractivity contribution is -0.115. The SMILES string of the molecule is CC1(C)CCCCC(C(=O)Cl)CCCC(C)(C)CC1. The van der Waals surface area contributed by atoms with Crippen molar-refractivity contribution in [1.29, 1.82) is 0 Å². The van der Waals surface area contributed by atoms with Crippen molar-refractivity contribution in [3.05, 3.63) is 0 Å². The molecule has 112 valence electrons. The van der Waals surface area contributed by atoms with Gasteiger partial charge >= 0.3 is 0 Å². The van der Waals surface area contributed by atoms with E-state index in [1.807, 2.05) is 0 Å². The summed E-state index contributed by atoms with van der Waals surface area (Å²) in [6, 6.07) is 0. The average Bonchev–Trinajstić information content (AvgIpc) is 2.28. The molecule has 0 radical (unpaired) electrons. The molecule has 1 aliphatic carbocycles. The van der Waals surface area contributed by atoms with Gasteiger partial charge in [0, 0.05) is 5.92 Å². The largest absolute Gasteiger partial charge is 0.281 e. The lowest BCUT2D eigenvalue weighted by atomic mass is 9.73. The quantitative estimate of drug-likeness (QED) is 0.545. The highest BCUT2D eigenvalue weighted by atomic mass is 35.5. The molecule has 0 spiro atoms.